The number of carbonyl (C=O) groups excluding carboxylic acids is 1. The number of carbonyl (C=O) groups is 1. The van der Waals surface area contributed by atoms with Gasteiger partial charge in [0, 0.05) is 37.2 Å². The minimum absolute atomic E-state index is 0.124. The maximum absolute atomic E-state index is 13.4. The lowest BCUT2D eigenvalue weighted by atomic mass is 9.68. The molecule has 0 radical (unpaired) electrons. The molecule has 32 heavy (non-hydrogen) atoms. The Hall–Kier alpha value is -1.76. The van der Waals surface area contributed by atoms with E-state index in [9.17, 15) is 9.18 Å². The van der Waals surface area contributed by atoms with Gasteiger partial charge in [0.1, 0.15) is 5.82 Å². The predicted octanol–water partition coefficient (Wildman–Crippen LogP) is 5.25. The topological polar surface area (TPSA) is 32.8 Å². The molecule has 6 heteroatoms. The summed E-state index contributed by atoms with van der Waals surface area (Å²) in [4.78, 5) is 17.8. The molecule has 2 aromatic carbocycles. The molecule has 1 fully saturated rings. The van der Waals surface area contributed by atoms with Crippen molar-refractivity contribution in [3.8, 4) is 0 Å². The number of esters is 1. The first-order chi connectivity index (χ1) is 15.3. The maximum atomic E-state index is 13.4. The lowest BCUT2D eigenvalue weighted by Crippen LogP contribution is -2.47. The molecule has 0 aromatic heterocycles. The van der Waals surface area contributed by atoms with Crippen molar-refractivity contribution in [3.63, 3.8) is 0 Å². The Labute approximate surface area is 199 Å². The molecule has 0 aliphatic carbocycles. The zero-order valence-electron chi connectivity index (χ0n) is 19.3. The van der Waals surface area contributed by atoms with Crippen molar-refractivity contribution < 1.29 is 13.9 Å². The number of rotatable bonds is 9. The van der Waals surface area contributed by atoms with Gasteiger partial charge in [-0.2, -0.15) is 0 Å². The van der Waals surface area contributed by atoms with E-state index in [1.165, 1.54) is 13.2 Å². The van der Waals surface area contributed by atoms with Gasteiger partial charge in [0.25, 0.3) is 0 Å². The molecule has 1 aliphatic rings. The highest BCUT2D eigenvalue weighted by molar-refractivity contribution is 9.10. The number of benzene rings is 2. The normalized spacial score (nSPS) is 17.3. The van der Waals surface area contributed by atoms with Crippen LogP contribution >= 0.6 is 15.9 Å². The van der Waals surface area contributed by atoms with Crippen LogP contribution in [0.2, 0.25) is 0 Å². The van der Waals surface area contributed by atoms with Gasteiger partial charge < -0.3 is 9.64 Å². The summed E-state index contributed by atoms with van der Waals surface area (Å²) in [6.07, 6.45) is 1.68. The van der Waals surface area contributed by atoms with Crippen molar-refractivity contribution >= 4 is 21.9 Å². The number of nitrogens with zero attached hydrogens (tertiary/aromatic N) is 2. The molecule has 0 spiro atoms. The van der Waals surface area contributed by atoms with Crippen molar-refractivity contribution in [2.45, 2.75) is 38.6 Å². The molecule has 1 unspecified atom stereocenters. The molecule has 4 nitrogen and oxygen atoms in total. The van der Waals surface area contributed by atoms with Crippen LogP contribution in [0.5, 0.6) is 0 Å². The minimum Gasteiger partial charge on any atom is -0.468 e. The van der Waals surface area contributed by atoms with Crippen LogP contribution in [0.1, 0.15) is 37.8 Å². The molecular weight excluding hydrogens is 471 g/mol. The van der Waals surface area contributed by atoms with Crippen LogP contribution in [0.25, 0.3) is 0 Å². The van der Waals surface area contributed by atoms with E-state index in [0.29, 0.717) is 0 Å². The van der Waals surface area contributed by atoms with Crippen molar-refractivity contribution in [2.75, 3.05) is 39.8 Å². The quantitative estimate of drug-likeness (QED) is 0.436. The summed E-state index contributed by atoms with van der Waals surface area (Å²) < 4.78 is 19.7. The zero-order chi connectivity index (χ0) is 23.1. The molecule has 0 N–H and O–H groups in total. The van der Waals surface area contributed by atoms with Crippen LogP contribution < -0.4 is 0 Å². The molecule has 1 atom stereocenters. The number of halogens is 2. The fourth-order valence-corrected chi connectivity index (χ4v) is 5.06. The Bertz CT molecular complexity index is 882. The van der Waals surface area contributed by atoms with E-state index in [1.54, 1.807) is 12.1 Å². The monoisotopic (exact) mass is 504 g/mol. The van der Waals surface area contributed by atoms with Gasteiger partial charge in [0.2, 0.25) is 0 Å². The predicted molar refractivity (Wildman–Crippen MR) is 130 cm³/mol. The van der Waals surface area contributed by atoms with Crippen LogP contribution in [0.15, 0.2) is 53.0 Å². The molecule has 0 saturated carbocycles. The van der Waals surface area contributed by atoms with Gasteiger partial charge >= 0.3 is 5.97 Å². The average molecular weight is 505 g/mol. The van der Waals surface area contributed by atoms with E-state index in [-0.39, 0.29) is 17.7 Å². The van der Waals surface area contributed by atoms with Gasteiger partial charge in [-0.3, -0.25) is 9.69 Å². The van der Waals surface area contributed by atoms with Gasteiger partial charge in [-0.15, -0.1) is 0 Å². The Kier molecular flexibility index (Phi) is 8.86. The van der Waals surface area contributed by atoms with Crippen LogP contribution in [0.4, 0.5) is 4.39 Å². The highest BCUT2D eigenvalue weighted by Crippen LogP contribution is 2.39. The summed E-state index contributed by atoms with van der Waals surface area (Å²) in [5.74, 6) is -0.208. The summed E-state index contributed by atoms with van der Waals surface area (Å²) in [5, 5.41) is 0. The molecule has 3 rings (SSSR count). The second-order valence-corrected chi connectivity index (χ2v) is 9.89. The summed E-state index contributed by atoms with van der Waals surface area (Å²) >= 11 is 3.49. The summed E-state index contributed by atoms with van der Waals surface area (Å²) in [7, 11) is 1.48. The third kappa shape index (κ3) is 5.97. The number of ether oxygens (including phenoxy) is 1. The van der Waals surface area contributed by atoms with Crippen LogP contribution in [-0.2, 0) is 21.5 Å². The van der Waals surface area contributed by atoms with E-state index in [1.807, 2.05) is 30.3 Å². The van der Waals surface area contributed by atoms with Gasteiger partial charge in [-0.25, -0.2) is 4.39 Å². The highest BCUT2D eigenvalue weighted by Gasteiger charge is 2.44. The van der Waals surface area contributed by atoms with Crippen molar-refractivity contribution in [2.24, 2.45) is 5.92 Å². The maximum Gasteiger partial charge on any atom is 0.316 e. The first-order valence-corrected chi connectivity index (χ1v) is 12.2. The van der Waals surface area contributed by atoms with Gasteiger partial charge in [0.05, 0.1) is 12.5 Å². The summed E-state index contributed by atoms with van der Waals surface area (Å²) in [6, 6.07) is 14.9. The molecule has 2 aromatic rings. The third-order valence-electron chi connectivity index (χ3n) is 6.70. The number of methoxy groups -OCH3 is 1. The van der Waals surface area contributed by atoms with Crippen LogP contribution in [-0.4, -0.2) is 55.6 Å². The second-order valence-electron chi connectivity index (χ2n) is 8.98. The van der Waals surface area contributed by atoms with Gasteiger partial charge in [-0.1, -0.05) is 54.0 Å². The third-order valence-corrected chi connectivity index (χ3v) is 7.23. The van der Waals surface area contributed by atoms with E-state index in [4.69, 9.17) is 4.74 Å². The SMILES string of the molecule is COC(=O)C(CCCN1CCN(Cc2cccc(F)c2)CC1)(c1ccc(Br)cc1)C(C)C. The van der Waals surface area contributed by atoms with E-state index < -0.39 is 5.41 Å². The first kappa shape index (κ1) is 24.9. The van der Waals surface area contributed by atoms with Crippen molar-refractivity contribution in [1.29, 1.82) is 0 Å². The summed E-state index contributed by atoms with van der Waals surface area (Å²) in [6.45, 7) is 9.85. The van der Waals surface area contributed by atoms with E-state index >= 15 is 0 Å². The van der Waals surface area contributed by atoms with Crippen LogP contribution in [0.3, 0.4) is 0 Å². The number of hydrogen-bond donors (Lipinski definition) is 0. The van der Waals surface area contributed by atoms with E-state index in [0.717, 1.165) is 67.7 Å². The second kappa shape index (κ2) is 11.4. The van der Waals surface area contributed by atoms with E-state index in [2.05, 4.69) is 39.6 Å². The molecule has 1 aliphatic heterocycles. The smallest absolute Gasteiger partial charge is 0.316 e. The minimum atomic E-state index is -0.644. The average Bonchev–Trinajstić information content (AvgIpc) is 2.78. The molecule has 1 saturated heterocycles. The highest BCUT2D eigenvalue weighted by atomic mass is 79.9. The first-order valence-electron chi connectivity index (χ1n) is 11.4. The Morgan fingerprint density at radius 1 is 1.09 bits per heavy atom. The molecule has 1 heterocycles. The molecule has 174 valence electrons. The summed E-state index contributed by atoms with van der Waals surface area (Å²) in [5.41, 5.74) is 1.39. The van der Waals surface area contributed by atoms with Crippen LogP contribution in [0, 0.1) is 11.7 Å². The Balaban J connectivity index is 1.57. The fourth-order valence-electron chi connectivity index (χ4n) is 4.80. The molecule has 0 amide bonds. The van der Waals surface area contributed by atoms with Gasteiger partial charge in [0.15, 0.2) is 0 Å². The fraction of sp³-hybridized carbons (Fsp3) is 0.500. The van der Waals surface area contributed by atoms with Crippen molar-refractivity contribution in [1.82, 2.24) is 9.80 Å². The van der Waals surface area contributed by atoms with Gasteiger partial charge in [-0.05, 0) is 60.7 Å². The molecule has 0 bridgehead atoms. The zero-order valence-corrected chi connectivity index (χ0v) is 20.9. The lowest BCUT2D eigenvalue weighted by molar-refractivity contribution is -0.150. The number of hydrogen-bond acceptors (Lipinski definition) is 4. The molecular formula is C26H34BrFN2O2. The lowest BCUT2D eigenvalue weighted by Gasteiger charge is -2.38. The Morgan fingerprint density at radius 3 is 2.34 bits per heavy atom. The van der Waals surface area contributed by atoms with Crippen molar-refractivity contribution in [3.05, 3.63) is 69.9 Å². The number of piperazine rings is 1. The Morgan fingerprint density at radius 2 is 1.75 bits per heavy atom. The largest absolute Gasteiger partial charge is 0.468 e. The standard InChI is InChI=1S/C26H34BrFN2O2/c1-20(2)26(25(31)32-3,22-8-10-23(27)11-9-22)12-5-13-29-14-16-30(17-15-29)19-21-6-4-7-24(28)18-21/h4,6-11,18,20H,5,12-17,19H2,1-3H3.